The number of primary amides is 1. The number of rotatable bonds is 10. The second-order valence-electron chi connectivity index (χ2n) is 8.74. The fourth-order valence-corrected chi connectivity index (χ4v) is 4.82. The van der Waals surface area contributed by atoms with Gasteiger partial charge in [-0.2, -0.15) is 5.10 Å². The Labute approximate surface area is 212 Å². The number of hydrogen-bond acceptors (Lipinski definition) is 6. The van der Waals surface area contributed by atoms with Crippen molar-refractivity contribution in [3.63, 3.8) is 0 Å². The number of para-hydroxylation sites is 1. The standard InChI is InChI=1S/C25H28ClFN6O3/c26-20-8-3-5-16(23(20)27)11-30-13-18(15-34)33(17-6-4-10-29-12-17)22(35)14-32-21-9-2-1-7-19(21)24(31-32)25(28)36/h1-3,5,7-9,15,17-18,29-30H,4,6,10-14H2,(H2,28,36). The lowest BCUT2D eigenvalue weighted by molar-refractivity contribution is -0.140. The molecule has 2 heterocycles. The Bertz CT molecular complexity index is 1260. The van der Waals surface area contributed by atoms with E-state index in [9.17, 15) is 18.8 Å². The second kappa shape index (κ2) is 11.6. The van der Waals surface area contributed by atoms with Gasteiger partial charge in [-0.25, -0.2) is 4.39 Å². The van der Waals surface area contributed by atoms with Crippen molar-refractivity contribution in [2.24, 2.45) is 5.73 Å². The molecule has 2 amide bonds. The van der Waals surface area contributed by atoms with E-state index in [1.165, 1.54) is 10.7 Å². The Morgan fingerprint density at radius 3 is 2.83 bits per heavy atom. The van der Waals surface area contributed by atoms with E-state index >= 15 is 0 Å². The molecule has 11 heteroatoms. The Morgan fingerprint density at radius 1 is 1.31 bits per heavy atom. The zero-order chi connectivity index (χ0) is 25.7. The summed E-state index contributed by atoms with van der Waals surface area (Å²) in [7, 11) is 0. The van der Waals surface area contributed by atoms with E-state index < -0.39 is 17.8 Å². The Morgan fingerprint density at radius 2 is 2.11 bits per heavy atom. The van der Waals surface area contributed by atoms with Gasteiger partial charge in [-0.1, -0.05) is 41.9 Å². The van der Waals surface area contributed by atoms with Crippen LogP contribution in [0.3, 0.4) is 0 Å². The van der Waals surface area contributed by atoms with Crippen LogP contribution in [0.15, 0.2) is 42.5 Å². The van der Waals surface area contributed by atoms with Gasteiger partial charge < -0.3 is 26.1 Å². The number of carbonyl (C=O) groups is 3. The fourth-order valence-electron chi connectivity index (χ4n) is 4.62. The fraction of sp³-hybridized carbons (Fsp3) is 0.360. The number of nitrogens with two attached hydrogens (primary N) is 1. The van der Waals surface area contributed by atoms with E-state index in [0.29, 0.717) is 23.0 Å². The Balaban J connectivity index is 1.55. The number of piperidine rings is 1. The zero-order valence-corrected chi connectivity index (χ0v) is 20.4. The summed E-state index contributed by atoms with van der Waals surface area (Å²) in [6.07, 6.45) is 2.32. The summed E-state index contributed by atoms with van der Waals surface area (Å²) in [5.74, 6) is -1.52. The summed E-state index contributed by atoms with van der Waals surface area (Å²) in [5.41, 5.74) is 6.53. The van der Waals surface area contributed by atoms with Gasteiger partial charge in [-0.3, -0.25) is 14.3 Å². The maximum absolute atomic E-state index is 14.3. The average molecular weight is 515 g/mol. The molecule has 1 fully saturated rings. The van der Waals surface area contributed by atoms with Crippen LogP contribution in [0.2, 0.25) is 5.02 Å². The first kappa shape index (κ1) is 25.7. The molecule has 2 atom stereocenters. The minimum atomic E-state index is -0.790. The van der Waals surface area contributed by atoms with Crippen LogP contribution in [0, 0.1) is 5.82 Å². The third-order valence-corrected chi connectivity index (χ3v) is 6.64. The van der Waals surface area contributed by atoms with E-state index in [-0.39, 0.29) is 42.3 Å². The Kier molecular flexibility index (Phi) is 8.29. The molecule has 0 bridgehead atoms. The molecule has 4 rings (SSSR count). The smallest absolute Gasteiger partial charge is 0.269 e. The number of fused-ring (bicyclic) bond motifs is 1. The van der Waals surface area contributed by atoms with Crippen LogP contribution in [-0.2, 0) is 22.7 Å². The normalized spacial score (nSPS) is 16.6. The highest BCUT2D eigenvalue weighted by molar-refractivity contribution is 6.30. The Hall–Kier alpha value is -3.34. The van der Waals surface area contributed by atoms with E-state index in [0.717, 1.165) is 25.7 Å². The lowest BCUT2D eigenvalue weighted by Crippen LogP contribution is -2.57. The highest BCUT2D eigenvalue weighted by atomic mass is 35.5. The van der Waals surface area contributed by atoms with Crippen molar-refractivity contribution in [2.75, 3.05) is 19.6 Å². The number of nitrogens with zero attached hydrogens (tertiary/aromatic N) is 3. The van der Waals surface area contributed by atoms with E-state index in [1.54, 1.807) is 41.3 Å². The van der Waals surface area contributed by atoms with Gasteiger partial charge in [-0.05, 0) is 31.5 Å². The lowest BCUT2D eigenvalue weighted by Gasteiger charge is -2.38. The van der Waals surface area contributed by atoms with Gasteiger partial charge in [0, 0.05) is 36.6 Å². The molecule has 0 radical (unpaired) electrons. The molecule has 0 aliphatic carbocycles. The van der Waals surface area contributed by atoms with Crippen LogP contribution in [0.5, 0.6) is 0 Å². The van der Waals surface area contributed by atoms with Crippen LogP contribution in [0.1, 0.15) is 28.9 Å². The molecule has 2 aromatic carbocycles. The molecule has 0 saturated carbocycles. The van der Waals surface area contributed by atoms with E-state index in [1.807, 2.05) is 0 Å². The van der Waals surface area contributed by atoms with Crippen LogP contribution in [-0.4, -0.2) is 64.5 Å². The summed E-state index contributed by atoms with van der Waals surface area (Å²) in [6.45, 7) is 1.49. The highest BCUT2D eigenvalue weighted by Gasteiger charge is 2.32. The highest BCUT2D eigenvalue weighted by Crippen LogP contribution is 2.21. The number of hydrogen-bond donors (Lipinski definition) is 3. The maximum Gasteiger partial charge on any atom is 0.269 e. The molecule has 3 aromatic rings. The first-order chi connectivity index (χ1) is 17.4. The summed E-state index contributed by atoms with van der Waals surface area (Å²) in [6, 6.07) is 10.8. The minimum Gasteiger partial charge on any atom is -0.364 e. The van der Waals surface area contributed by atoms with Gasteiger partial charge >= 0.3 is 0 Å². The lowest BCUT2D eigenvalue weighted by atomic mass is 10.0. The van der Waals surface area contributed by atoms with Crippen molar-refractivity contribution in [2.45, 2.75) is 38.0 Å². The monoisotopic (exact) mass is 514 g/mol. The number of amides is 2. The predicted molar refractivity (Wildman–Crippen MR) is 134 cm³/mol. The molecule has 1 saturated heterocycles. The second-order valence-corrected chi connectivity index (χ2v) is 9.14. The van der Waals surface area contributed by atoms with Crippen LogP contribution < -0.4 is 16.4 Å². The number of halogens is 2. The summed E-state index contributed by atoms with van der Waals surface area (Å²) < 4.78 is 15.7. The predicted octanol–water partition coefficient (Wildman–Crippen LogP) is 1.87. The topological polar surface area (TPSA) is 122 Å². The van der Waals surface area contributed by atoms with E-state index in [4.69, 9.17) is 17.3 Å². The molecule has 9 nitrogen and oxygen atoms in total. The molecule has 0 spiro atoms. The van der Waals surface area contributed by atoms with Crippen molar-refractivity contribution in [1.82, 2.24) is 25.3 Å². The summed E-state index contributed by atoms with van der Waals surface area (Å²) in [5, 5.41) is 11.2. The van der Waals surface area contributed by atoms with Gasteiger partial charge in [-0.15, -0.1) is 0 Å². The van der Waals surface area contributed by atoms with Crippen LogP contribution in [0.25, 0.3) is 10.9 Å². The van der Waals surface area contributed by atoms with Gasteiger partial charge in [0.15, 0.2) is 5.69 Å². The zero-order valence-electron chi connectivity index (χ0n) is 19.6. The third kappa shape index (κ3) is 5.56. The number of aldehydes is 1. The molecule has 1 aliphatic rings. The summed E-state index contributed by atoms with van der Waals surface area (Å²) in [4.78, 5) is 39.3. The largest absolute Gasteiger partial charge is 0.364 e. The third-order valence-electron chi connectivity index (χ3n) is 6.34. The number of nitrogens with one attached hydrogen (secondary N) is 2. The van der Waals surface area contributed by atoms with Gasteiger partial charge in [0.25, 0.3) is 5.91 Å². The quantitative estimate of drug-likeness (QED) is 0.355. The SMILES string of the molecule is NC(=O)c1nn(CC(=O)N(C(C=O)CNCc2cccc(Cl)c2F)C2CCCNC2)c2ccccc12. The van der Waals surface area contributed by atoms with Crippen molar-refractivity contribution in [3.05, 3.63) is 64.6 Å². The van der Waals surface area contributed by atoms with Crippen molar-refractivity contribution >= 4 is 40.6 Å². The molecular formula is C25H28ClFN6O3. The molecule has 1 aliphatic heterocycles. The van der Waals surface area contributed by atoms with Crippen molar-refractivity contribution < 1.29 is 18.8 Å². The average Bonchev–Trinajstić information content (AvgIpc) is 3.25. The van der Waals surface area contributed by atoms with E-state index in [2.05, 4.69) is 15.7 Å². The molecule has 36 heavy (non-hydrogen) atoms. The molecule has 190 valence electrons. The first-order valence-electron chi connectivity index (χ1n) is 11.8. The summed E-state index contributed by atoms with van der Waals surface area (Å²) >= 11 is 5.86. The van der Waals surface area contributed by atoms with Crippen molar-refractivity contribution in [1.29, 1.82) is 0 Å². The number of benzene rings is 2. The van der Waals surface area contributed by atoms with Gasteiger partial charge in [0.05, 0.1) is 10.5 Å². The minimum absolute atomic E-state index is 0.0214. The number of carbonyl (C=O) groups excluding carboxylic acids is 3. The maximum atomic E-state index is 14.3. The molecule has 4 N–H and O–H groups in total. The van der Waals surface area contributed by atoms with Crippen LogP contribution >= 0.6 is 11.6 Å². The van der Waals surface area contributed by atoms with Crippen LogP contribution in [0.4, 0.5) is 4.39 Å². The van der Waals surface area contributed by atoms with Gasteiger partial charge in [0.1, 0.15) is 24.7 Å². The molecule has 1 aromatic heterocycles. The van der Waals surface area contributed by atoms with Crippen molar-refractivity contribution in [3.8, 4) is 0 Å². The molecular weight excluding hydrogens is 487 g/mol. The number of aromatic nitrogens is 2. The van der Waals surface area contributed by atoms with Gasteiger partial charge in [0.2, 0.25) is 5.91 Å². The molecule has 2 unspecified atom stereocenters. The first-order valence-corrected chi connectivity index (χ1v) is 12.1.